The number of rotatable bonds is 4. The number of carbonyl (C=O) groups excluding carboxylic acids is 1. The van der Waals surface area contributed by atoms with E-state index in [0.29, 0.717) is 19.4 Å². The zero-order valence-electron chi connectivity index (χ0n) is 12.5. The molecule has 0 bridgehead atoms. The summed E-state index contributed by atoms with van der Waals surface area (Å²) < 4.78 is 5.11. The molecule has 106 valence electrons. The van der Waals surface area contributed by atoms with Gasteiger partial charge >= 0.3 is 5.97 Å². The van der Waals surface area contributed by atoms with Gasteiger partial charge in [-0.15, -0.1) is 0 Å². The van der Waals surface area contributed by atoms with Gasteiger partial charge in [0.05, 0.1) is 18.1 Å². The molecule has 0 aliphatic heterocycles. The van der Waals surface area contributed by atoms with E-state index in [2.05, 4.69) is 20.8 Å². The first kappa shape index (κ1) is 15.5. The Hall–Kier alpha value is -0.570. The number of ether oxygens (including phenoxy) is 1. The summed E-state index contributed by atoms with van der Waals surface area (Å²) in [5.41, 5.74) is -0.630. The van der Waals surface area contributed by atoms with Crippen molar-refractivity contribution in [3.05, 3.63) is 0 Å². The van der Waals surface area contributed by atoms with Crippen LogP contribution in [0.15, 0.2) is 0 Å². The lowest BCUT2D eigenvalue weighted by Gasteiger charge is -2.48. The van der Waals surface area contributed by atoms with Crippen molar-refractivity contribution in [3.63, 3.8) is 0 Å². The van der Waals surface area contributed by atoms with Crippen LogP contribution in [0.2, 0.25) is 0 Å². The maximum atomic E-state index is 12.0. The van der Waals surface area contributed by atoms with E-state index in [1.807, 2.05) is 13.8 Å². The van der Waals surface area contributed by atoms with Crippen LogP contribution in [-0.2, 0) is 9.53 Å². The highest BCUT2D eigenvalue weighted by molar-refractivity contribution is 5.74. The molecule has 3 unspecified atom stereocenters. The number of aliphatic hydroxyl groups is 1. The highest BCUT2D eigenvalue weighted by atomic mass is 16.5. The molecule has 1 saturated carbocycles. The van der Waals surface area contributed by atoms with E-state index in [1.165, 1.54) is 0 Å². The molecule has 18 heavy (non-hydrogen) atoms. The zero-order valence-corrected chi connectivity index (χ0v) is 12.5. The van der Waals surface area contributed by atoms with Crippen molar-refractivity contribution in [1.82, 2.24) is 0 Å². The maximum absolute atomic E-state index is 12.0. The Labute approximate surface area is 111 Å². The largest absolute Gasteiger partial charge is 0.466 e. The minimum absolute atomic E-state index is 0.135. The van der Waals surface area contributed by atoms with Gasteiger partial charge in [0, 0.05) is 0 Å². The Morgan fingerprint density at radius 3 is 2.44 bits per heavy atom. The molecule has 1 aliphatic rings. The first-order valence-corrected chi connectivity index (χ1v) is 7.16. The van der Waals surface area contributed by atoms with Crippen molar-refractivity contribution >= 4 is 5.97 Å². The predicted octanol–water partition coefficient (Wildman–Crippen LogP) is 3.15. The van der Waals surface area contributed by atoms with E-state index in [1.54, 1.807) is 0 Å². The average molecular weight is 256 g/mol. The molecule has 1 rings (SSSR count). The van der Waals surface area contributed by atoms with E-state index in [-0.39, 0.29) is 23.2 Å². The van der Waals surface area contributed by atoms with E-state index in [0.717, 1.165) is 12.8 Å². The van der Waals surface area contributed by atoms with Gasteiger partial charge in [0.1, 0.15) is 0 Å². The smallest absolute Gasteiger partial charge is 0.311 e. The highest BCUT2D eigenvalue weighted by Gasteiger charge is 2.49. The third-order valence-corrected chi connectivity index (χ3v) is 4.50. The van der Waals surface area contributed by atoms with Gasteiger partial charge in [-0.3, -0.25) is 4.79 Å². The first-order valence-electron chi connectivity index (χ1n) is 7.16. The summed E-state index contributed by atoms with van der Waals surface area (Å²) in [5.74, 6) is -0.492. The van der Waals surface area contributed by atoms with Crippen LogP contribution in [-0.4, -0.2) is 23.3 Å². The molecule has 0 amide bonds. The Bertz CT molecular complexity index is 298. The summed E-state index contributed by atoms with van der Waals surface area (Å²) in [4.78, 5) is 12.0. The van der Waals surface area contributed by atoms with Crippen LogP contribution in [0.3, 0.4) is 0 Å². The fourth-order valence-corrected chi connectivity index (χ4v) is 3.38. The van der Waals surface area contributed by atoms with Crippen LogP contribution >= 0.6 is 0 Å². The van der Waals surface area contributed by atoms with Gasteiger partial charge in [0.25, 0.3) is 0 Å². The molecular weight excluding hydrogens is 228 g/mol. The van der Waals surface area contributed by atoms with Crippen LogP contribution in [0.5, 0.6) is 0 Å². The van der Waals surface area contributed by atoms with E-state index < -0.39 is 5.60 Å². The van der Waals surface area contributed by atoms with Crippen LogP contribution in [0, 0.1) is 17.3 Å². The van der Waals surface area contributed by atoms with Crippen LogP contribution < -0.4 is 0 Å². The second-order valence-electron chi connectivity index (χ2n) is 6.47. The SMILES string of the molecule is CCOC(=O)C(CC)C1(O)CCC(C)(C)CC1C. The van der Waals surface area contributed by atoms with Gasteiger partial charge < -0.3 is 9.84 Å². The first-order chi connectivity index (χ1) is 8.27. The fourth-order valence-electron chi connectivity index (χ4n) is 3.38. The molecule has 0 aromatic rings. The molecule has 3 atom stereocenters. The third kappa shape index (κ3) is 3.05. The third-order valence-electron chi connectivity index (χ3n) is 4.50. The van der Waals surface area contributed by atoms with E-state index >= 15 is 0 Å². The summed E-state index contributed by atoms with van der Waals surface area (Å²) in [6, 6.07) is 0. The number of hydrogen-bond acceptors (Lipinski definition) is 3. The van der Waals surface area contributed by atoms with Crippen molar-refractivity contribution in [3.8, 4) is 0 Å². The Morgan fingerprint density at radius 1 is 1.39 bits per heavy atom. The summed E-state index contributed by atoms with van der Waals surface area (Å²) in [6.07, 6.45) is 3.25. The van der Waals surface area contributed by atoms with Gasteiger partial charge in [0.2, 0.25) is 0 Å². The topological polar surface area (TPSA) is 46.5 Å². The van der Waals surface area contributed by atoms with Crippen LogP contribution in [0.1, 0.15) is 60.3 Å². The van der Waals surface area contributed by atoms with Gasteiger partial charge in [-0.25, -0.2) is 0 Å². The number of carbonyl (C=O) groups is 1. The monoisotopic (exact) mass is 256 g/mol. The molecule has 0 aromatic heterocycles. The molecule has 3 nitrogen and oxygen atoms in total. The van der Waals surface area contributed by atoms with E-state index in [9.17, 15) is 9.90 Å². The van der Waals surface area contributed by atoms with Gasteiger partial charge in [-0.2, -0.15) is 0 Å². The molecule has 0 radical (unpaired) electrons. The van der Waals surface area contributed by atoms with Crippen molar-refractivity contribution in [2.45, 2.75) is 65.9 Å². The highest BCUT2D eigenvalue weighted by Crippen LogP contribution is 2.47. The quantitative estimate of drug-likeness (QED) is 0.786. The van der Waals surface area contributed by atoms with Crippen molar-refractivity contribution < 1.29 is 14.6 Å². The van der Waals surface area contributed by atoms with Crippen LogP contribution in [0.25, 0.3) is 0 Å². The molecule has 0 aromatic carbocycles. The van der Waals surface area contributed by atoms with Gasteiger partial charge in [-0.1, -0.05) is 27.7 Å². The number of esters is 1. The lowest BCUT2D eigenvalue weighted by Crippen LogP contribution is -2.52. The van der Waals surface area contributed by atoms with Gasteiger partial charge in [0.15, 0.2) is 0 Å². The molecule has 1 fully saturated rings. The molecule has 1 aliphatic carbocycles. The molecule has 0 heterocycles. The maximum Gasteiger partial charge on any atom is 0.311 e. The summed E-state index contributed by atoms with van der Waals surface area (Å²) in [5, 5.41) is 10.9. The Kier molecular flexibility index (Phi) is 4.82. The Balaban J connectivity index is 2.87. The minimum Gasteiger partial charge on any atom is -0.466 e. The second kappa shape index (κ2) is 5.60. The molecule has 0 spiro atoms. The second-order valence-corrected chi connectivity index (χ2v) is 6.47. The zero-order chi connectivity index (χ0) is 14.0. The fraction of sp³-hybridized carbons (Fsp3) is 0.933. The molecule has 0 saturated heterocycles. The summed E-state index contributed by atoms with van der Waals surface area (Å²) >= 11 is 0. The van der Waals surface area contributed by atoms with Crippen molar-refractivity contribution in [2.24, 2.45) is 17.3 Å². The number of hydrogen-bond donors (Lipinski definition) is 1. The standard InChI is InChI=1S/C15H28O3/c1-6-12(13(16)18-7-2)15(17)9-8-14(4,5)10-11(15)3/h11-12,17H,6-10H2,1-5H3. The molecule has 1 N–H and O–H groups in total. The van der Waals surface area contributed by atoms with Crippen molar-refractivity contribution in [1.29, 1.82) is 0 Å². The van der Waals surface area contributed by atoms with Crippen molar-refractivity contribution in [2.75, 3.05) is 6.61 Å². The lowest BCUT2D eigenvalue weighted by molar-refractivity contribution is -0.171. The van der Waals surface area contributed by atoms with Gasteiger partial charge in [-0.05, 0) is 43.9 Å². The lowest BCUT2D eigenvalue weighted by atomic mass is 9.61. The predicted molar refractivity (Wildman–Crippen MR) is 72.2 cm³/mol. The minimum atomic E-state index is -0.892. The molecular formula is C15H28O3. The summed E-state index contributed by atoms with van der Waals surface area (Å²) in [7, 11) is 0. The van der Waals surface area contributed by atoms with E-state index in [4.69, 9.17) is 4.74 Å². The normalized spacial score (nSPS) is 32.9. The van der Waals surface area contributed by atoms with Crippen LogP contribution in [0.4, 0.5) is 0 Å². The summed E-state index contributed by atoms with van der Waals surface area (Å²) in [6.45, 7) is 10.7. The molecule has 3 heteroatoms. The average Bonchev–Trinajstić information content (AvgIpc) is 2.25. The Morgan fingerprint density at radius 2 is 2.00 bits per heavy atom.